The SMILES string of the molecule is CCON=C=N. The van der Waals surface area contributed by atoms with Crippen molar-refractivity contribution in [1.82, 2.24) is 0 Å². The zero-order chi connectivity index (χ0) is 4.83. The van der Waals surface area contributed by atoms with Crippen molar-refractivity contribution in [3.63, 3.8) is 0 Å². The molecular weight excluding hydrogens is 80.0 g/mol. The average Bonchev–Trinajstić information content (AvgIpc) is 1.61. The van der Waals surface area contributed by atoms with Crippen LogP contribution in [0.5, 0.6) is 0 Å². The molecule has 0 rings (SSSR count). The van der Waals surface area contributed by atoms with Crippen LogP contribution in [0.3, 0.4) is 0 Å². The van der Waals surface area contributed by atoms with Crippen LogP contribution in [0.2, 0.25) is 0 Å². The highest BCUT2D eigenvalue weighted by Gasteiger charge is 1.60. The van der Waals surface area contributed by atoms with E-state index in [0.29, 0.717) is 6.61 Å². The molecule has 0 fully saturated rings. The van der Waals surface area contributed by atoms with E-state index in [-0.39, 0.29) is 0 Å². The maximum atomic E-state index is 6.16. The molecule has 0 unspecified atom stereocenters. The summed E-state index contributed by atoms with van der Waals surface area (Å²) in [7, 11) is 0. The Labute approximate surface area is 36.1 Å². The predicted molar refractivity (Wildman–Crippen MR) is 21.8 cm³/mol. The van der Waals surface area contributed by atoms with Gasteiger partial charge in [-0.05, 0) is 12.1 Å². The van der Waals surface area contributed by atoms with E-state index in [1.165, 1.54) is 0 Å². The second kappa shape index (κ2) is 4.18. The van der Waals surface area contributed by atoms with Gasteiger partial charge in [-0.15, -0.1) is 0 Å². The second-order valence-electron chi connectivity index (χ2n) is 0.621. The van der Waals surface area contributed by atoms with Crippen molar-refractivity contribution >= 4 is 6.01 Å². The third-order valence-corrected chi connectivity index (χ3v) is 0.239. The molecule has 3 heteroatoms. The van der Waals surface area contributed by atoms with E-state index in [4.69, 9.17) is 5.41 Å². The first-order chi connectivity index (χ1) is 2.91. The molecule has 0 heterocycles. The Bertz CT molecular complexity index is 65.2. The third kappa shape index (κ3) is 3.18. The summed E-state index contributed by atoms with van der Waals surface area (Å²) in [6, 6.07) is 1.72. The fraction of sp³-hybridized carbons (Fsp3) is 0.667. The van der Waals surface area contributed by atoms with Crippen LogP contribution in [0.25, 0.3) is 0 Å². The topological polar surface area (TPSA) is 45.4 Å². The summed E-state index contributed by atoms with van der Waals surface area (Å²) in [6.45, 7) is 2.30. The molecule has 0 aliphatic heterocycles. The average molecular weight is 86.1 g/mol. The summed E-state index contributed by atoms with van der Waals surface area (Å²) in [5.41, 5.74) is 0. The number of nitrogens with one attached hydrogen (secondary N) is 1. The Morgan fingerprint density at radius 1 is 2.00 bits per heavy atom. The quantitative estimate of drug-likeness (QED) is 0.390. The van der Waals surface area contributed by atoms with E-state index in [9.17, 15) is 0 Å². The highest BCUT2D eigenvalue weighted by Crippen LogP contribution is 1.65. The van der Waals surface area contributed by atoms with Crippen LogP contribution in [0, 0.1) is 5.41 Å². The van der Waals surface area contributed by atoms with Crippen molar-refractivity contribution in [3.05, 3.63) is 0 Å². The largest absolute Gasteiger partial charge is 0.388 e. The molecule has 34 valence electrons. The van der Waals surface area contributed by atoms with Crippen molar-refractivity contribution in [3.8, 4) is 0 Å². The molecule has 0 saturated heterocycles. The van der Waals surface area contributed by atoms with Crippen molar-refractivity contribution in [1.29, 1.82) is 5.41 Å². The van der Waals surface area contributed by atoms with Crippen LogP contribution in [-0.4, -0.2) is 12.6 Å². The summed E-state index contributed by atoms with van der Waals surface area (Å²) in [4.78, 5) is 4.31. The molecule has 0 bridgehead atoms. The monoisotopic (exact) mass is 86.0 g/mol. The molecule has 0 aromatic rings. The van der Waals surface area contributed by atoms with Crippen molar-refractivity contribution < 1.29 is 4.84 Å². The van der Waals surface area contributed by atoms with Gasteiger partial charge in [0.25, 0.3) is 0 Å². The maximum Gasteiger partial charge on any atom is 0.132 e. The fourth-order valence-corrected chi connectivity index (χ4v) is 0.0968. The molecule has 0 atom stereocenters. The van der Waals surface area contributed by atoms with Crippen LogP contribution >= 0.6 is 0 Å². The predicted octanol–water partition coefficient (Wildman–Crippen LogP) is 0.691. The smallest absolute Gasteiger partial charge is 0.132 e. The van der Waals surface area contributed by atoms with Gasteiger partial charge in [0.15, 0.2) is 0 Å². The van der Waals surface area contributed by atoms with Gasteiger partial charge in [0.05, 0.1) is 0 Å². The van der Waals surface area contributed by atoms with Gasteiger partial charge >= 0.3 is 0 Å². The van der Waals surface area contributed by atoms with Gasteiger partial charge in [-0.2, -0.15) is 0 Å². The maximum absolute atomic E-state index is 6.16. The molecule has 0 aliphatic carbocycles. The van der Waals surface area contributed by atoms with Crippen LogP contribution < -0.4 is 0 Å². The van der Waals surface area contributed by atoms with Gasteiger partial charge in [-0.25, -0.2) is 5.41 Å². The van der Waals surface area contributed by atoms with E-state index in [2.05, 4.69) is 9.99 Å². The molecule has 1 N–H and O–H groups in total. The Morgan fingerprint density at radius 2 is 2.67 bits per heavy atom. The van der Waals surface area contributed by atoms with E-state index in [1.54, 1.807) is 12.9 Å². The van der Waals surface area contributed by atoms with Gasteiger partial charge < -0.3 is 4.84 Å². The molecule has 0 aromatic heterocycles. The van der Waals surface area contributed by atoms with Gasteiger partial charge in [0.2, 0.25) is 0 Å². The molecule has 0 aromatic carbocycles. The number of nitrogens with zero attached hydrogens (tertiary/aromatic N) is 1. The highest BCUT2D eigenvalue weighted by atomic mass is 16.6. The van der Waals surface area contributed by atoms with Crippen LogP contribution in [-0.2, 0) is 4.84 Å². The van der Waals surface area contributed by atoms with E-state index in [0.717, 1.165) is 0 Å². The second-order valence-corrected chi connectivity index (χ2v) is 0.621. The number of rotatable bonds is 2. The minimum absolute atomic E-state index is 0.506. The fourth-order valence-electron chi connectivity index (χ4n) is 0.0968. The minimum Gasteiger partial charge on any atom is -0.388 e. The number of hydrogen-bond donors (Lipinski definition) is 1. The first kappa shape index (κ1) is 5.18. The van der Waals surface area contributed by atoms with Crippen molar-refractivity contribution in [2.45, 2.75) is 6.92 Å². The van der Waals surface area contributed by atoms with Crippen LogP contribution in [0.4, 0.5) is 0 Å². The van der Waals surface area contributed by atoms with E-state index in [1.807, 2.05) is 0 Å². The highest BCUT2D eigenvalue weighted by molar-refractivity contribution is 5.34. The van der Waals surface area contributed by atoms with Gasteiger partial charge in [-0.3, -0.25) is 0 Å². The minimum atomic E-state index is 0.506. The zero-order valence-electron chi connectivity index (χ0n) is 3.56. The normalized spacial score (nSPS) is 6.17. The Morgan fingerprint density at radius 3 is 2.83 bits per heavy atom. The first-order valence-electron chi connectivity index (χ1n) is 1.65. The summed E-state index contributed by atoms with van der Waals surface area (Å²) >= 11 is 0. The molecule has 6 heavy (non-hydrogen) atoms. The molecule has 0 spiro atoms. The van der Waals surface area contributed by atoms with Gasteiger partial charge in [0, 0.05) is 0 Å². The molecule has 3 nitrogen and oxygen atoms in total. The van der Waals surface area contributed by atoms with Gasteiger partial charge in [0.1, 0.15) is 12.6 Å². The summed E-state index contributed by atoms with van der Waals surface area (Å²) in [5.74, 6) is 0. The Hall–Kier alpha value is -0.820. The van der Waals surface area contributed by atoms with Gasteiger partial charge in [-0.1, -0.05) is 0 Å². The van der Waals surface area contributed by atoms with Crippen LogP contribution in [0.1, 0.15) is 6.92 Å². The summed E-state index contributed by atoms with van der Waals surface area (Å²) < 4.78 is 0. The molecule has 0 saturated carbocycles. The number of hydrogen-bond acceptors (Lipinski definition) is 3. The molecular formula is C3H6N2O. The zero-order valence-corrected chi connectivity index (χ0v) is 3.56. The lowest BCUT2D eigenvalue weighted by atomic mass is 10.9. The lowest BCUT2D eigenvalue weighted by molar-refractivity contribution is 0.160. The van der Waals surface area contributed by atoms with Crippen LogP contribution in [0.15, 0.2) is 5.16 Å². The molecule has 0 amide bonds. The summed E-state index contributed by atoms with van der Waals surface area (Å²) in [5, 5.41) is 9.17. The molecule has 0 aliphatic rings. The van der Waals surface area contributed by atoms with Crippen molar-refractivity contribution in [2.75, 3.05) is 6.61 Å². The molecule has 0 radical (unpaired) electrons. The van der Waals surface area contributed by atoms with Crippen molar-refractivity contribution in [2.24, 2.45) is 5.16 Å². The van der Waals surface area contributed by atoms with E-state index >= 15 is 0 Å². The lowest BCUT2D eigenvalue weighted by Gasteiger charge is -1.80. The first-order valence-corrected chi connectivity index (χ1v) is 1.65. The van der Waals surface area contributed by atoms with E-state index < -0.39 is 0 Å². The third-order valence-electron chi connectivity index (χ3n) is 0.239. The Kier molecular flexibility index (Phi) is 3.61. The lowest BCUT2D eigenvalue weighted by Crippen LogP contribution is -1.74. The summed E-state index contributed by atoms with van der Waals surface area (Å²) in [6.07, 6.45) is 0. The standard InChI is InChI=1S/C3H6N2O/c1-2-6-5-3-4/h4H,2H2,1H3. The Balaban J connectivity index is 2.86.